The second-order valence-electron chi connectivity index (χ2n) is 5.50. The van der Waals surface area contributed by atoms with Crippen molar-refractivity contribution in [1.29, 1.82) is 0 Å². The molecule has 1 heterocycles. The SMILES string of the molecule is CC(C)(C)NCc1cnn(-c2ccc([N+](=O)[O-])cc2)n1. The van der Waals surface area contributed by atoms with Crippen molar-refractivity contribution in [3.63, 3.8) is 0 Å². The van der Waals surface area contributed by atoms with Gasteiger partial charge in [-0.1, -0.05) is 0 Å². The minimum Gasteiger partial charge on any atom is -0.306 e. The summed E-state index contributed by atoms with van der Waals surface area (Å²) in [6.07, 6.45) is 1.68. The molecule has 0 saturated heterocycles. The largest absolute Gasteiger partial charge is 0.306 e. The minimum atomic E-state index is -0.432. The molecule has 0 aliphatic carbocycles. The predicted molar refractivity (Wildman–Crippen MR) is 74.6 cm³/mol. The Morgan fingerprint density at radius 3 is 2.50 bits per heavy atom. The minimum absolute atomic E-state index is 0.0111. The van der Waals surface area contributed by atoms with E-state index in [-0.39, 0.29) is 11.2 Å². The molecule has 0 saturated carbocycles. The van der Waals surface area contributed by atoms with Crippen molar-refractivity contribution in [3.05, 3.63) is 46.3 Å². The van der Waals surface area contributed by atoms with Crippen LogP contribution in [0.1, 0.15) is 26.5 Å². The van der Waals surface area contributed by atoms with E-state index in [1.807, 2.05) is 0 Å². The van der Waals surface area contributed by atoms with Gasteiger partial charge in [0, 0.05) is 24.2 Å². The molecule has 0 aliphatic heterocycles. The van der Waals surface area contributed by atoms with Gasteiger partial charge in [-0.15, -0.1) is 0 Å². The number of hydrogen-bond acceptors (Lipinski definition) is 5. The highest BCUT2D eigenvalue weighted by Crippen LogP contribution is 2.14. The summed E-state index contributed by atoms with van der Waals surface area (Å²) in [5.41, 5.74) is 1.57. The van der Waals surface area contributed by atoms with Crippen LogP contribution >= 0.6 is 0 Å². The molecule has 1 aromatic carbocycles. The Hall–Kier alpha value is -2.28. The second-order valence-corrected chi connectivity index (χ2v) is 5.50. The fraction of sp³-hybridized carbons (Fsp3) is 0.385. The fourth-order valence-corrected chi connectivity index (χ4v) is 1.56. The van der Waals surface area contributed by atoms with Crippen molar-refractivity contribution in [2.75, 3.05) is 0 Å². The predicted octanol–water partition coefficient (Wildman–Crippen LogP) is 2.06. The van der Waals surface area contributed by atoms with Crippen LogP contribution in [0.2, 0.25) is 0 Å². The number of nitrogens with zero attached hydrogens (tertiary/aromatic N) is 4. The summed E-state index contributed by atoms with van der Waals surface area (Å²) < 4.78 is 0. The van der Waals surface area contributed by atoms with Crippen molar-refractivity contribution in [3.8, 4) is 5.69 Å². The fourth-order valence-electron chi connectivity index (χ4n) is 1.56. The van der Waals surface area contributed by atoms with Crippen LogP contribution in [-0.2, 0) is 6.54 Å². The normalized spacial score (nSPS) is 11.6. The van der Waals surface area contributed by atoms with Crippen molar-refractivity contribution in [2.45, 2.75) is 32.9 Å². The summed E-state index contributed by atoms with van der Waals surface area (Å²) in [4.78, 5) is 11.6. The molecule has 7 heteroatoms. The van der Waals surface area contributed by atoms with Gasteiger partial charge in [0.25, 0.3) is 5.69 Å². The maximum Gasteiger partial charge on any atom is 0.269 e. The van der Waals surface area contributed by atoms with Gasteiger partial charge in [0.1, 0.15) is 0 Å². The van der Waals surface area contributed by atoms with Gasteiger partial charge in [-0.3, -0.25) is 10.1 Å². The molecule has 0 atom stereocenters. The van der Waals surface area contributed by atoms with E-state index >= 15 is 0 Å². The standard InChI is InChI=1S/C13H17N5O2/c1-13(2,3)14-8-10-9-15-17(16-10)11-4-6-12(7-5-11)18(19)20/h4-7,9,14H,8H2,1-3H3. The van der Waals surface area contributed by atoms with E-state index in [1.54, 1.807) is 18.3 Å². The molecule has 0 amide bonds. The third-order valence-electron chi connectivity index (χ3n) is 2.63. The Labute approximate surface area is 116 Å². The van der Waals surface area contributed by atoms with Crippen LogP contribution in [0.5, 0.6) is 0 Å². The summed E-state index contributed by atoms with van der Waals surface area (Å²) >= 11 is 0. The zero-order valence-electron chi connectivity index (χ0n) is 11.7. The maximum atomic E-state index is 10.6. The molecular formula is C13H17N5O2. The lowest BCUT2D eigenvalue weighted by molar-refractivity contribution is -0.384. The molecule has 0 spiro atoms. The van der Waals surface area contributed by atoms with Gasteiger partial charge >= 0.3 is 0 Å². The summed E-state index contributed by atoms with van der Waals surface area (Å²) in [6.45, 7) is 6.85. The first-order valence-corrected chi connectivity index (χ1v) is 6.26. The Balaban J connectivity index is 2.10. The van der Waals surface area contributed by atoms with E-state index in [4.69, 9.17) is 0 Å². The van der Waals surface area contributed by atoms with E-state index in [9.17, 15) is 10.1 Å². The molecule has 20 heavy (non-hydrogen) atoms. The first-order valence-electron chi connectivity index (χ1n) is 6.26. The average Bonchev–Trinajstić information content (AvgIpc) is 2.84. The summed E-state index contributed by atoms with van der Waals surface area (Å²) in [6, 6.07) is 6.12. The first-order chi connectivity index (χ1) is 9.35. The number of rotatable bonds is 4. The number of non-ortho nitro benzene ring substituents is 1. The van der Waals surface area contributed by atoms with Crippen LogP contribution in [0.4, 0.5) is 5.69 Å². The van der Waals surface area contributed by atoms with Crippen molar-refractivity contribution in [2.24, 2.45) is 0 Å². The average molecular weight is 275 g/mol. The van der Waals surface area contributed by atoms with Crippen LogP contribution < -0.4 is 5.32 Å². The van der Waals surface area contributed by atoms with E-state index in [2.05, 4.69) is 36.3 Å². The van der Waals surface area contributed by atoms with Crippen LogP contribution in [0.15, 0.2) is 30.5 Å². The molecule has 0 unspecified atom stereocenters. The lowest BCUT2D eigenvalue weighted by Gasteiger charge is -2.19. The molecule has 0 bridgehead atoms. The number of nitrogens with one attached hydrogen (secondary N) is 1. The number of nitro benzene ring substituents is 1. The lowest BCUT2D eigenvalue weighted by atomic mass is 10.1. The topological polar surface area (TPSA) is 85.9 Å². The number of nitro groups is 1. The van der Waals surface area contributed by atoms with Crippen LogP contribution in [0.25, 0.3) is 5.69 Å². The van der Waals surface area contributed by atoms with Crippen LogP contribution in [-0.4, -0.2) is 25.5 Å². The van der Waals surface area contributed by atoms with Gasteiger partial charge < -0.3 is 5.32 Å². The smallest absolute Gasteiger partial charge is 0.269 e. The zero-order chi connectivity index (χ0) is 14.8. The summed E-state index contributed by atoms with van der Waals surface area (Å²) in [5, 5.41) is 22.4. The molecule has 0 radical (unpaired) electrons. The molecule has 106 valence electrons. The highest BCUT2D eigenvalue weighted by Gasteiger charge is 2.11. The van der Waals surface area contributed by atoms with Crippen molar-refractivity contribution < 1.29 is 4.92 Å². The van der Waals surface area contributed by atoms with E-state index < -0.39 is 4.92 Å². The van der Waals surface area contributed by atoms with Gasteiger partial charge in [0.15, 0.2) is 0 Å². The third-order valence-corrected chi connectivity index (χ3v) is 2.63. The molecule has 7 nitrogen and oxygen atoms in total. The van der Waals surface area contributed by atoms with Crippen molar-refractivity contribution in [1.82, 2.24) is 20.3 Å². The van der Waals surface area contributed by atoms with Crippen LogP contribution in [0.3, 0.4) is 0 Å². The Bertz CT molecular complexity index is 598. The van der Waals surface area contributed by atoms with E-state index in [0.717, 1.165) is 5.69 Å². The van der Waals surface area contributed by atoms with E-state index in [1.165, 1.54) is 16.9 Å². The van der Waals surface area contributed by atoms with Gasteiger partial charge in [-0.25, -0.2) is 0 Å². The van der Waals surface area contributed by atoms with Gasteiger partial charge in [-0.05, 0) is 32.9 Å². The quantitative estimate of drug-likeness (QED) is 0.682. The Kier molecular flexibility index (Phi) is 3.80. The summed E-state index contributed by atoms with van der Waals surface area (Å²) in [7, 11) is 0. The maximum absolute atomic E-state index is 10.6. The monoisotopic (exact) mass is 275 g/mol. The number of benzene rings is 1. The molecular weight excluding hydrogens is 258 g/mol. The highest BCUT2D eigenvalue weighted by atomic mass is 16.6. The number of hydrogen-bond donors (Lipinski definition) is 1. The van der Waals surface area contributed by atoms with Gasteiger partial charge in [0.2, 0.25) is 0 Å². The Morgan fingerprint density at radius 1 is 1.30 bits per heavy atom. The molecule has 2 aromatic rings. The van der Waals surface area contributed by atoms with Crippen molar-refractivity contribution >= 4 is 5.69 Å². The lowest BCUT2D eigenvalue weighted by Crippen LogP contribution is -2.35. The number of aromatic nitrogens is 3. The Morgan fingerprint density at radius 2 is 1.95 bits per heavy atom. The van der Waals surface area contributed by atoms with Gasteiger partial charge in [-0.2, -0.15) is 15.0 Å². The van der Waals surface area contributed by atoms with E-state index in [0.29, 0.717) is 12.2 Å². The molecule has 2 rings (SSSR count). The molecule has 1 aromatic heterocycles. The third kappa shape index (κ3) is 3.61. The molecule has 0 fully saturated rings. The van der Waals surface area contributed by atoms with Gasteiger partial charge in [0.05, 0.1) is 22.5 Å². The molecule has 0 aliphatic rings. The second kappa shape index (κ2) is 5.38. The highest BCUT2D eigenvalue weighted by molar-refractivity contribution is 5.39. The molecule has 1 N–H and O–H groups in total. The zero-order valence-corrected chi connectivity index (χ0v) is 11.7. The first kappa shape index (κ1) is 14.1. The summed E-state index contributed by atoms with van der Waals surface area (Å²) in [5.74, 6) is 0. The van der Waals surface area contributed by atoms with Crippen LogP contribution in [0, 0.1) is 10.1 Å².